The van der Waals surface area contributed by atoms with Crippen LogP contribution in [0.15, 0.2) is 48.5 Å². The zero-order chi connectivity index (χ0) is 15.2. The largest absolute Gasteiger partial charge is 0.481 e. The van der Waals surface area contributed by atoms with Gasteiger partial charge >= 0.3 is 5.97 Å². The van der Waals surface area contributed by atoms with Crippen LogP contribution in [0.25, 0.3) is 0 Å². The minimum atomic E-state index is -1.09. The fourth-order valence-electron chi connectivity index (χ4n) is 1.63. The normalized spacial score (nSPS) is 9.95. The van der Waals surface area contributed by atoms with Crippen molar-refractivity contribution in [3.63, 3.8) is 0 Å². The van der Waals surface area contributed by atoms with Crippen molar-refractivity contribution in [2.24, 2.45) is 0 Å². The number of para-hydroxylation sites is 1. The Balaban J connectivity index is 1.95. The summed E-state index contributed by atoms with van der Waals surface area (Å²) in [4.78, 5) is 22.5. The Bertz CT molecular complexity index is 672. The summed E-state index contributed by atoms with van der Waals surface area (Å²) < 4.78 is 18.3. The Morgan fingerprint density at radius 1 is 1.14 bits per heavy atom. The zero-order valence-corrected chi connectivity index (χ0v) is 10.9. The smallest absolute Gasteiger partial charge is 0.335 e. The van der Waals surface area contributed by atoms with Gasteiger partial charge in [0.15, 0.2) is 18.2 Å². The summed E-state index contributed by atoms with van der Waals surface area (Å²) in [7, 11) is 0. The number of nitrogens with one attached hydrogen (secondary N) is 1. The molecule has 0 radical (unpaired) electrons. The molecular weight excluding hydrogens is 277 g/mol. The molecule has 2 aromatic carbocycles. The molecule has 0 aliphatic rings. The van der Waals surface area contributed by atoms with Crippen LogP contribution in [0.2, 0.25) is 0 Å². The number of hydrogen-bond donors (Lipinski definition) is 2. The van der Waals surface area contributed by atoms with Crippen LogP contribution in [-0.4, -0.2) is 23.6 Å². The Kier molecular flexibility index (Phi) is 4.50. The van der Waals surface area contributed by atoms with E-state index in [4.69, 9.17) is 9.84 Å². The number of anilines is 1. The third-order valence-electron chi connectivity index (χ3n) is 2.59. The lowest BCUT2D eigenvalue weighted by Crippen LogP contribution is -2.20. The maximum atomic E-state index is 13.3. The molecule has 0 aromatic heterocycles. The number of aromatic carboxylic acids is 1. The molecule has 21 heavy (non-hydrogen) atoms. The maximum absolute atomic E-state index is 13.3. The lowest BCUT2D eigenvalue weighted by molar-refractivity contribution is -0.118. The van der Waals surface area contributed by atoms with E-state index in [2.05, 4.69) is 5.32 Å². The topological polar surface area (TPSA) is 75.6 Å². The SMILES string of the molecule is O=C(COc1ccccc1F)Nc1cccc(C(=O)O)c1. The van der Waals surface area contributed by atoms with Gasteiger partial charge in [0.25, 0.3) is 5.91 Å². The number of hydrogen-bond acceptors (Lipinski definition) is 3. The number of carbonyl (C=O) groups is 2. The first-order chi connectivity index (χ1) is 10.1. The molecule has 0 aliphatic carbocycles. The fourth-order valence-corrected chi connectivity index (χ4v) is 1.63. The number of carboxylic acids is 1. The van der Waals surface area contributed by atoms with Crippen molar-refractivity contribution in [2.75, 3.05) is 11.9 Å². The third-order valence-corrected chi connectivity index (χ3v) is 2.59. The fraction of sp³-hybridized carbons (Fsp3) is 0.0667. The molecule has 0 aliphatic heterocycles. The monoisotopic (exact) mass is 289 g/mol. The second-order valence-electron chi connectivity index (χ2n) is 4.15. The van der Waals surface area contributed by atoms with E-state index < -0.39 is 17.7 Å². The molecule has 0 atom stereocenters. The van der Waals surface area contributed by atoms with Crippen molar-refractivity contribution in [1.29, 1.82) is 0 Å². The first-order valence-corrected chi connectivity index (χ1v) is 6.07. The number of benzene rings is 2. The van der Waals surface area contributed by atoms with Crippen LogP contribution in [0.4, 0.5) is 10.1 Å². The van der Waals surface area contributed by atoms with Crippen molar-refractivity contribution in [3.05, 3.63) is 59.9 Å². The standard InChI is InChI=1S/C15H12FNO4/c16-12-6-1-2-7-13(12)21-9-14(18)17-11-5-3-4-10(8-11)15(19)20/h1-8H,9H2,(H,17,18)(H,19,20). The minimum absolute atomic E-state index is 0.0214. The number of amides is 1. The highest BCUT2D eigenvalue weighted by atomic mass is 19.1. The molecule has 2 rings (SSSR count). The third kappa shape index (κ3) is 4.04. The predicted octanol–water partition coefficient (Wildman–Crippen LogP) is 2.54. The van der Waals surface area contributed by atoms with Gasteiger partial charge in [0.1, 0.15) is 0 Å². The number of ether oxygens (including phenoxy) is 1. The van der Waals surface area contributed by atoms with Crippen molar-refractivity contribution in [1.82, 2.24) is 0 Å². The molecule has 0 fully saturated rings. The van der Waals surface area contributed by atoms with Crippen molar-refractivity contribution < 1.29 is 23.8 Å². The van der Waals surface area contributed by atoms with Crippen LogP contribution in [-0.2, 0) is 4.79 Å². The van der Waals surface area contributed by atoms with E-state index in [0.29, 0.717) is 5.69 Å². The number of halogens is 1. The first-order valence-electron chi connectivity index (χ1n) is 6.07. The Labute approximate surface area is 120 Å². The van der Waals surface area contributed by atoms with E-state index in [9.17, 15) is 14.0 Å². The lowest BCUT2D eigenvalue weighted by atomic mass is 10.2. The molecule has 0 unspecified atom stereocenters. The second-order valence-corrected chi connectivity index (χ2v) is 4.15. The van der Waals surface area contributed by atoms with E-state index >= 15 is 0 Å². The molecular formula is C15H12FNO4. The lowest BCUT2D eigenvalue weighted by Gasteiger charge is -2.08. The highest BCUT2D eigenvalue weighted by molar-refractivity contribution is 5.94. The van der Waals surface area contributed by atoms with Gasteiger partial charge in [0.2, 0.25) is 0 Å². The minimum Gasteiger partial charge on any atom is -0.481 e. The van der Waals surface area contributed by atoms with Crippen molar-refractivity contribution >= 4 is 17.6 Å². The van der Waals surface area contributed by atoms with Crippen molar-refractivity contribution in [2.45, 2.75) is 0 Å². The summed E-state index contributed by atoms with van der Waals surface area (Å²) in [6.07, 6.45) is 0. The van der Waals surface area contributed by atoms with Crippen LogP contribution in [0.3, 0.4) is 0 Å². The molecule has 0 heterocycles. The first kappa shape index (κ1) is 14.5. The van der Waals surface area contributed by atoms with Crippen LogP contribution >= 0.6 is 0 Å². The van der Waals surface area contributed by atoms with Gasteiger partial charge in [-0.25, -0.2) is 9.18 Å². The van der Waals surface area contributed by atoms with Crippen LogP contribution in [0.5, 0.6) is 5.75 Å². The Hall–Kier alpha value is -2.89. The number of rotatable bonds is 5. The summed E-state index contributed by atoms with van der Waals surface area (Å²) >= 11 is 0. The van der Waals surface area contributed by atoms with Gasteiger partial charge in [-0.1, -0.05) is 18.2 Å². The maximum Gasteiger partial charge on any atom is 0.335 e. The van der Waals surface area contributed by atoms with Gasteiger partial charge in [-0.2, -0.15) is 0 Å². The second kappa shape index (κ2) is 6.51. The average molecular weight is 289 g/mol. The van der Waals surface area contributed by atoms with E-state index in [1.807, 2.05) is 0 Å². The highest BCUT2D eigenvalue weighted by Gasteiger charge is 2.08. The van der Waals surface area contributed by atoms with Gasteiger partial charge in [-0.15, -0.1) is 0 Å². The molecule has 6 heteroatoms. The molecule has 2 aromatic rings. The Morgan fingerprint density at radius 2 is 1.90 bits per heavy atom. The van der Waals surface area contributed by atoms with Crippen LogP contribution in [0.1, 0.15) is 10.4 Å². The number of carbonyl (C=O) groups excluding carboxylic acids is 1. The Morgan fingerprint density at radius 3 is 2.62 bits per heavy atom. The van der Waals surface area contributed by atoms with Gasteiger partial charge < -0.3 is 15.2 Å². The molecule has 0 saturated heterocycles. The average Bonchev–Trinajstić information content (AvgIpc) is 2.46. The summed E-state index contributed by atoms with van der Waals surface area (Å²) in [6, 6.07) is 11.5. The van der Waals surface area contributed by atoms with E-state index in [1.54, 1.807) is 12.1 Å². The quantitative estimate of drug-likeness (QED) is 0.887. The predicted molar refractivity (Wildman–Crippen MR) is 73.9 cm³/mol. The summed E-state index contributed by atoms with van der Waals surface area (Å²) in [5, 5.41) is 11.3. The van der Waals surface area contributed by atoms with Crippen LogP contribution < -0.4 is 10.1 Å². The van der Waals surface area contributed by atoms with E-state index in [0.717, 1.165) is 0 Å². The zero-order valence-electron chi connectivity index (χ0n) is 10.9. The van der Waals surface area contributed by atoms with E-state index in [1.165, 1.54) is 36.4 Å². The molecule has 0 saturated carbocycles. The molecule has 0 spiro atoms. The van der Waals surface area contributed by atoms with Gasteiger partial charge in [0.05, 0.1) is 5.56 Å². The molecule has 1 amide bonds. The summed E-state index contributed by atoms with van der Waals surface area (Å²) in [6.45, 7) is -0.377. The highest BCUT2D eigenvalue weighted by Crippen LogP contribution is 2.15. The van der Waals surface area contributed by atoms with Crippen molar-refractivity contribution in [3.8, 4) is 5.75 Å². The molecule has 5 nitrogen and oxygen atoms in total. The van der Waals surface area contributed by atoms with Gasteiger partial charge in [-0.3, -0.25) is 4.79 Å². The van der Waals surface area contributed by atoms with E-state index in [-0.39, 0.29) is 17.9 Å². The summed E-state index contributed by atoms with van der Waals surface area (Å²) in [5.74, 6) is -2.18. The number of carboxylic acid groups (broad SMARTS) is 1. The molecule has 2 N–H and O–H groups in total. The summed E-state index contributed by atoms with van der Waals surface area (Å²) in [5.41, 5.74) is 0.389. The van der Waals surface area contributed by atoms with Gasteiger partial charge in [0, 0.05) is 5.69 Å². The van der Waals surface area contributed by atoms with Crippen LogP contribution in [0, 0.1) is 5.82 Å². The molecule has 0 bridgehead atoms. The molecule has 108 valence electrons. The van der Waals surface area contributed by atoms with Gasteiger partial charge in [-0.05, 0) is 30.3 Å².